The fourth-order valence-corrected chi connectivity index (χ4v) is 3.23. The summed E-state index contributed by atoms with van der Waals surface area (Å²) in [7, 11) is 2.38. The van der Waals surface area contributed by atoms with Gasteiger partial charge in [0.15, 0.2) is 5.69 Å². The molecule has 0 unspecified atom stereocenters. The molecule has 31 heavy (non-hydrogen) atoms. The molecule has 1 aliphatic heterocycles. The number of rotatable bonds is 4. The number of fused-ring (bicyclic) bond motifs is 1. The zero-order chi connectivity index (χ0) is 23.0. The number of carbonyl (C=O) groups excluding carboxylic acids is 3. The highest BCUT2D eigenvalue weighted by atomic mass is 16.5. The number of aromatic nitrogens is 1. The van der Waals surface area contributed by atoms with Crippen LogP contribution in [0.15, 0.2) is 33.2 Å². The number of hydrogen-bond acceptors (Lipinski definition) is 9. The first-order chi connectivity index (χ1) is 14.6. The summed E-state index contributed by atoms with van der Waals surface area (Å²) >= 11 is 0. The Kier molecular flexibility index (Phi) is 5.54. The zero-order valence-electron chi connectivity index (χ0n) is 17.2. The van der Waals surface area contributed by atoms with E-state index in [1.807, 2.05) is 0 Å². The maximum atomic E-state index is 12.6. The van der Waals surface area contributed by atoms with Crippen molar-refractivity contribution in [1.82, 2.24) is 9.58 Å². The van der Waals surface area contributed by atoms with E-state index in [0.717, 1.165) is 11.7 Å². The Morgan fingerprint density at radius 2 is 1.81 bits per heavy atom. The predicted octanol–water partition coefficient (Wildman–Crippen LogP) is 2.10. The van der Waals surface area contributed by atoms with E-state index in [0.29, 0.717) is 10.6 Å². The summed E-state index contributed by atoms with van der Waals surface area (Å²) in [5, 5.41) is 18.5. The number of amides is 2. The number of carbonyl (C=O) groups is 3. The molecule has 1 aromatic heterocycles. The summed E-state index contributed by atoms with van der Waals surface area (Å²) in [5.41, 5.74) is -0.644. The van der Waals surface area contributed by atoms with Gasteiger partial charge in [-0.25, -0.2) is 15.6 Å². The highest BCUT2D eigenvalue weighted by Crippen LogP contribution is 2.35. The van der Waals surface area contributed by atoms with E-state index in [9.17, 15) is 24.3 Å². The molecule has 2 amide bonds. The average Bonchev–Trinajstić information content (AvgIpc) is 2.98. The normalized spacial score (nSPS) is 13.5. The summed E-state index contributed by atoms with van der Waals surface area (Å²) in [5.74, 6) is 2.69. The number of benzene rings is 1. The predicted molar refractivity (Wildman–Crippen MR) is 109 cm³/mol. The number of nitrogens with zero attached hydrogens (tertiary/aromatic N) is 4. The fraction of sp³-hybridized carbons (Fsp3) is 0.200. The first-order valence-corrected chi connectivity index (χ1v) is 9.01. The van der Waals surface area contributed by atoms with E-state index < -0.39 is 29.2 Å². The van der Waals surface area contributed by atoms with E-state index in [1.54, 1.807) is 25.1 Å². The minimum Gasteiger partial charge on any atom is -0.494 e. The van der Waals surface area contributed by atoms with Gasteiger partial charge in [0.25, 0.3) is 17.4 Å². The van der Waals surface area contributed by atoms with Gasteiger partial charge >= 0.3 is 5.97 Å². The molecule has 0 saturated carbocycles. The molecule has 3 rings (SSSR count). The maximum absolute atomic E-state index is 12.6. The van der Waals surface area contributed by atoms with Gasteiger partial charge in [-0.05, 0) is 25.5 Å². The molecule has 0 aliphatic carbocycles. The van der Waals surface area contributed by atoms with E-state index in [2.05, 4.69) is 15.0 Å². The van der Waals surface area contributed by atoms with Crippen LogP contribution in [0.2, 0.25) is 0 Å². The van der Waals surface area contributed by atoms with Crippen molar-refractivity contribution in [3.8, 4) is 5.88 Å². The van der Waals surface area contributed by atoms with Crippen molar-refractivity contribution in [2.45, 2.75) is 13.8 Å². The number of nitrogens with two attached hydrogens (primary N) is 1. The van der Waals surface area contributed by atoms with E-state index in [-0.39, 0.29) is 33.6 Å². The molecule has 3 N–H and O–H groups in total. The number of esters is 1. The van der Waals surface area contributed by atoms with Gasteiger partial charge in [0.05, 0.1) is 23.9 Å². The second-order valence-electron chi connectivity index (χ2n) is 6.63. The molecule has 0 spiro atoms. The number of ether oxygens (including phenoxy) is 1. The first-order valence-electron chi connectivity index (χ1n) is 9.01. The summed E-state index contributed by atoms with van der Waals surface area (Å²) in [6, 6.07) is 3.03. The van der Waals surface area contributed by atoms with Crippen LogP contribution >= 0.6 is 0 Å². The third-order valence-corrected chi connectivity index (χ3v) is 4.85. The molecule has 1 aliphatic rings. The largest absolute Gasteiger partial charge is 0.494 e. The molecule has 0 fully saturated rings. The highest BCUT2D eigenvalue weighted by Gasteiger charge is 2.38. The molecule has 0 atom stereocenters. The van der Waals surface area contributed by atoms with Gasteiger partial charge in [0, 0.05) is 12.6 Å². The molecule has 2 aromatic rings. The number of allylic oxidation sites excluding steroid dienone is 1. The number of methoxy groups -OCH3 is 1. The average molecular weight is 425 g/mol. The second-order valence-corrected chi connectivity index (χ2v) is 6.63. The monoisotopic (exact) mass is 425 g/mol. The van der Waals surface area contributed by atoms with Crippen LogP contribution < -0.4 is 11.4 Å². The lowest BCUT2D eigenvalue weighted by Gasteiger charge is -2.11. The topological polar surface area (TPSA) is 157 Å². The summed E-state index contributed by atoms with van der Waals surface area (Å²) < 4.78 is 5.47. The van der Waals surface area contributed by atoms with Crippen LogP contribution in [-0.4, -0.2) is 39.6 Å². The summed E-state index contributed by atoms with van der Waals surface area (Å²) in [4.78, 5) is 49.5. The van der Waals surface area contributed by atoms with Gasteiger partial charge in [-0.15, -0.1) is 10.2 Å². The number of imide groups is 1. The van der Waals surface area contributed by atoms with Crippen molar-refractivity contribution in [2.75, 3.05) is 7.11 Å². The SMILES string of the molecule is C/C=C/c1ccc(N=Nc2c(C)c(C(=O)OC)c(O)n(C)c2=O)c2c1C(=O)N(N)C2=O. The van der Waals surface area contributed by atoms with Gasteiger partial charge in [-0.2, -0.15) is 0 Å². The van der Waals surface area contributed by atoms with Crippen molar-refractivity contribution in [1.29, 1.82) is 0 Å². The van der Waals surface area contributed by atoms with Crippen molar-refractivity contribution in [3.63, 3.8) is 0 Å². The van der Waals surface area contributed by atoms with Crippen LogP contribution in [0.5, 0.6) is 5.88 Å². The Labute approximate surface area is 176 Å². The van der Waals surface area contributed by atoms with Crippen LogP contribution in [0.25, 0.3) is 6.08 Å². The first kappa shape index (κ1) is 21.6. The fourth-order valence-electron chi connectivity index (χ4n) is 3.23. The van der Waals surface area contributed by atoms with Crippen LogP contribution in [0.3, 0.4) is 0 Å². The molecular formula is C20H19N5O6. The number of azo groups is 1. The van der Waals surface area contributed by atoms with Gasteiger partial charge < -0.3 is 9.84 Å². The van der Waals surface area contributed by atoms with Crippen molar-refractivity contribution >= 4 is 35.2 Å². The van der Waals surface area contributed by atoms with Crippen LogP contribution in [-0.2, 0) is 11.8 Å². The molecule has 1 aromatic carbocycles. The van der Waals surface area contributed by atoms with Crippen LogP contribution in [0, 0.1) is 6.92 Å². The Balaban J connectivity index is 2.22. The number of hydrazine groups is 1. The van der Waals surface area contributed by atoms with E-state index in [1.165, 1.54) is 20.0 Å². The smallest absolute Gasteiger partial charge is 0.343 e. The molecule has 160 valence electrons. The number of pyridine rings is 1. The number of aromatic hydroxyl groups is 1. The Morgan fingerprint density at radius 3 is 2.42 bits per heavy atom. The molecule has 0 saturated heterocycles. The molecular weight excluding hydrogens is 406 g/mol. The van der Waals surface area contributed by atoms with Crippen molar-refractivity contribution in [2.24, 2.45) is 23.1 Å². The third-order valence-electron chi connectivity index (χ3n) is 4.85. The minimum absolute atomic E-state index is 0.0173. The quantitative estimate of drug-likeness (QED) is 0.250. The van der Waals surface area contributed by atoms with E-state index >= 15 is 0 Å². The Morgan fingerprint density at radius 1 is 1.16 bits per heavy atom. The lowest BCUT2D eigenvalue weighted by atomic mass is 10.0. The van der Waals surface area contributed by atoms with Gasteiger partial charge in [-0.1, -0.05) is 18.2 Å². The third kappa shape index (κ3) is 3.30. The van der Waals surface area contributed by atoms with Gasteiger partial charge in [0.1, 0.15) is 5.56 Å². The Hall–Kier alpha value is -4.12. The lowest BCUT2D eigenvalue weighted by molar-refractivity contribution is 0.0592. The molecule has 2 heterocycles. The zero-order valence-corrected chi connectivity index (χ0v) is 17.2. The molecule has 11 nitrogen and oxygen atoms in total. The van der Waals surface area contributed by atoms with Crippen molar-refractivity contribution < 1.29 is 24.2 Å². The molecule has 0 radical (unpaired) electrons. The molecule has 0 bridgehead atoms. The Bertz CT molecular complexity index is 1260. The minimum atomic E-state index is -0.863. The molecule has 11 heteroatoms. The number of hydrogen-bond donors (Lipinski definition) is 2. The van der Waals surface area contributed by atoms with Gasteiger partial charge in [0.2, 0.25) is 5.88 Å². The summed E-state index contributed by atoms with van der Waals surface area (Å²) in [6.45, 7) is 3.15. The standard InChI is InChI=1S/C20H19N5O6/c1-5-6-10-7-8-11(14-13(10)17(27)25(21)18(14)28)22-23-15-9(2)12(20(30)31-4)16(26)24(3)19(15)29/h5-8,26H,21H2,1-4H3/b6-5+,23-22?. The van der Waals surface area contributed by atoms with E-state index in [4.69, 9.17) is 5.84 Å². The summed E-state index contributed by atoms with van der Waals surface area (Å²) in [6.07, 6.45) is 3.35. The van der Waals surface area contributed by atoms with Crippen LogP contribution in [0.4, 0.5) is 11.4 Å². The van der Waals surface area contributed by atoms with Crippen LogP contribution in [0.1, 0.15) is 49.1 Å². The lowest BCUT2D eigenvalue weighted by Crippen LogP contribution is -2.36. The second kappa shape index (κ2) is 7.95. The van der Waals surface area contributed by atoms with Gasteiger partial charge in [-0.3, -0.25) is 19.0 Å². The maximum Gasteiger partial charge on any atom is 0.343 e. The highest BCUT2D eigenvalue weighted by molar-refractivity contribution is 6.24. The van der Waals surface area contributed by atoms with Crippen molar-refractivity contribution in [3.05, 3.63) is 56.4 Å².